The maximum atomic E-state index is 12.5. The van der Waals surface area contributed by atoms with Gasteiger partial charge < -0.3 is 19.7 Å². The zero-order chi connectivity index (χ0) is 19.8. The van der Waals surface area contributed by atoms with Crippen LogP contribution in [0.2, 0.25) is 0 Å². The molecule has 1 amide bonds. The lowest BCUT2D eigenvalue weighted by Crippen LogP contribution is -2.39. The second-order valence-electron chi connectivity index (χ2n) is 7.17. The van der Waals surface area contributed by atoms with Crippen molar-refractivity contribution in [3.05, 3.63) is 54.1 Å². The van der Waals surface area contributed by atoms with Gasteiger partial charge in [-0.25, -0.2) is 0 Å². The van der Waals surface area contributed by atoms with Crippen molar-refractivity contribution in [3.8, 4) is 5.75 Å². The molecular formula is C23H30N2O3. The Labute approximate surface area is 167 Å². The van der Waals surface area contributed by atoms with Crippen LogP contribution in [0.15, 0.2) is 48.5 Å². The van der Waals surface area contributed by atoms with Crippen molar-refractivity contribution in [1.29, 1.82) is 0 Å². The maximum absolute atomic E-state index is 12.5. The minimum Gasteiger partial charge on any atom is -0.494 e. The SMILES string of the molecule is CCCCOc1ccc(C(=O)Nc2ccc(N3CCCC(OC)C3)cc2)cc1. The van der Waals surface area contributed by atoms with E-state index < -0.39 is 0 Å². The highest BCUT2D eigenvalue weighted by Gasteiger charge is 2.19. The van der Waals surface area contributed by atoms with Crippen LogP contribution in [0.25, 0.3) is 0 Å². The highest BCUT2D eigenvalue weighted by atomic mass is 16.5. The molecule has 150 valence electrons. The van der Waals surface area contributed by atoms with Gasteiger partial charge in [-0.15, -0.1) is 0 Å². The number of amides is 1. The van der Waals surface area contributed by atoms with Gasteiger partial charge in [-0.2, -0.15) is 0 Å². The van der Waals surface area contributed by atoms with Gasteiger partial charge in [-0.1, -0.05) is 13.3 Å². The highest BCUT2D eigenvalue weighted by Crippen LogP contribution is 2.23. The summed E-state index contributed by atoms with van der Waals surface area (Å²) < 4.78 is 11.1. The maximum Gasteiger partial charge on any atom is 0.255 e. The minimum atomic E-state index is -0.120. The Bertz CT molecular complexity index is 743. The molecule has 1 fully saturated rings. The number of carbonyl (C=O) groups excluding carboxylic acids is 1. The van der Waals surface area contributed by atoms with Crippen molar-refractivity contribution in [2.45, 2.75) is 38.7 Å². The first-order valence-corrected chi connectivity index (χ1v) is 10.1. The van der Waals surface area contributed by atoms with Gasteiger partial charge >= 0.3 is 0 Å². The standard InChI is InChI=1S/C23H30N2O3/c1-3-4-16-28-21-13-7-18(8-14-21)23(26)24-19-9-11-20(12-10-19)25-15-5-6-22(17-25)27-2/h7-14,22H,3-6,15-17H2,1-2H3,(H,24,26). The molecule has 1 unspecified atom stereocenters. The molecule has 0 bridgehead atoms. The molecule has 1 N–H and O–H groups in total. The number of nitrogens with zero attached hydrogens (tertiary/aromatic N) is 1. The smallest absolute Gasteiger partial charge is 0.255 e. The second kappa shape index (κ2) is 10.1. The zero-order valence-electron chi connectivity index (χ0n) is 16.8. The van der Waals surface area contributed by atoms with E-state index in [1.165, 1.54) is 0 Å². The molecule has 28 heavy (non-hydrogen) atoms. The third-order valence-electron chi connectivity index (χ3n) is 5.08. The van der Waals surface area contributed by atoms with E-state index in [0.717, 1.165) is 55.9 Å². The van der Waals surface area contributed by atoms with E-state index in [9.17, 15) is 4.79 Å². The van der Waals surface area contributed by atoms with Crippen molar-refractivity contribution in [1.82, 2.24) is 0 Å². The van der Waals surface area contributed by atoms with Crippen LogP contribution < -0.4 is 15.0 Å². The number of hydrogen-bond acceptors (Lipinski definition) is 4. The first kappa shape index (κ1) is 20.2. The van der Waals surface area contributed by atoms with Crippen LogP contribution in [-0.2, 0) is 4.74 Å². The molecular weight excluding hydrogens is 352 g/mol. The number of ether oxygens (including phenoxy) is 2. The predicted molar refractivity (Wildman–Crippen MR) is 113 cm³/mol. The first-order chi connectivity index (χ1) is 13.7. The van der Waals surface area contributed by atoms with Crippen LogP contribution >= 0.6 is 0 Å². The molecule has 1 saturated heterocycles. The number of methoxy groups -OCH3 is 1. The number of nitrogens with one attached hydrogen (secondary N) is 1. The van der Waals surface area contributed by atoms with E-state index in [4.69, 9.17) is 9.47 Å². The number of hydrogen-bond donors (Lipinski definition) is 1. The monoisotopic (exact) mass is 382 g/mol. The normalized spacial score (nSPS) is 16.6. The number of unbranched alkanes of at least 4 members (excludes halogenated alkanes) is 1. The summed E-state index contributed by atoms with van der Waals surface area (Å²) >= 11 is 0. The van der Waals surface area contributed by atoms with E-state index in [1.54, 1.807) is 19.2 Å². The van der Waals surface area contributed by atoms with Crippen molar-refractivity contribution >= 4 is 17.3 Å². The Hall–Kier alpha value is -2.53. The molecule has 2 aromatic rings. The number of anilines is 2. The van der Waals surface area contributed by atoms with Crippen LogP contribution in [0, 0.1) is 0 Å². The Kier molecular flexibility index (Phi) is 7.31. The van der Waals surface area contributed by atoms with E-state index in [0.29, 0.717) is 18.3 Å². The topological polar surface area (TPSA) is 50.8 Å². The molecule has 3 rings (SSSR count). The van der Waals surface area contributed by atoms with Crippen molar-refractivity contribution in [3.63, 3.8) is 0 Å². The Morgan fingerprint density at radius 1 is 1.14 bits per heavy atom. The molecule has 1 aliphatic rings. The molecule has 5 heteroatoms. The van der Waals surface area contributed by atoms with Crippen LogP contribution in [-0.4, -0.2) is 38.8 Å². The van der Waals surface area contributed by atoms with Gasteiger partial charge in [0.25, 0.3) is 5.91 Å². The third-order valence-corrected chi connectivity index (χ3v) is 5.08. The van der Waals surface area contributed by atoms with E-state index in [1.807, 2.05) is 24.3 Å². The van der Waals surface area contributed by atoms with Gasteiger partial charge in [0.1, 0.15) is 5.75 Å². The summed E-state index contributed by atoms with van der Waals surface area (Å²) in [5.74, 6) is 0.676. The molecule has 1 aliphatic heterocycles. The van der Waals surface area contributed by atoms with Crippen molar-refractivity contribution in [2.75, 3.05) is 37.0 Å². The summed E-state index contributed by atoms with van der Waals surface area (Å²) in [6, 6.07) is 15.3. The fourth-order valence-electron chi connectivity index (χ4n) is 3.36. The predicted octanol–water partition coefficient (Wildman–Crippen LogP) is 4.73. The number of benzene rings is 2. The van der Waals surface area contributed by atoms with Crippen LogP contribution in [0.1, 0.15) is 43.0 Å². The molecule has 0 aromatic heterocycles. The largest absolute Gasteiger partial charge is 0.494 e. The molecule has 1 heterocycles. The van der Waals surface area contributed by atoms with E-state index in [-0.39, 0.29) is 5.91 Å². The number of rotatable bonds is 8. The Balaban J connectivity index is 1.55. The molecule has 0 spiro atoms. The summed E-state index contributed by atoms with van der Waals surface area (Å²) in [5, 5.41) is 2.96. The third kappa shape index (κ3) is 5.49. The molecule has 1 atom stereocenters. The van der Waals surface area contributed by atoms with Gasteiger partial charge in [0.05, 0.1) is 12.7 Å². The van der Waals surface area contributed by atoms with Gasteiger partial charge in [-0.05, 0) is 67.8 Å². The lowest BCUT2D eigenvalue weighted by Gasteiger charge is -2.33. The lowest BCUT2D eigenvalue weighted by molar-refractivity contribution is 0.0893. The lowest BCUT2D eigenvalue weighted by atomic mass is 10.1. The summed E-state index contributed by atoms with van der Waals surface area (Å²) in [6.07, 6.45) is 4.67. The summed E-state index contributed by atoms with van der Waals surface area (Å²) in [5.41, 5.74) is 2.57. The zero-order valence-corrected chi connectivity index (χ0v) is 16.8. The number of carbonyl (C=O) groups is 1. The fourth-order valence-corrected chi connectivity index (χ4v) is 3.36. The summed E-state index contributed by atoms with van der Waals surface area (Å²) in [6.45, 7) is 4.79. The van der Waals surface area contributed by atoms with Crippen molar-refractivity contribution < 1.29 is 14.3 Å². The number of piperidine rings is 1. The van der Waals surface area contributed by atoms with Gasteiger partial charge in [0, 0.05) is 37.1 Å². The van der Waals surface area contributed by atoms with Gasteiger partial charge in [0.15, 0.2) is 0 Å². The average Bonchev–Trinajstić information content (AvgIpc) is 2.75. The molecule has 2 aromatic carbocycles. The molecule has 0 radical (unpaired) electrons. The Morgan fingerprint density at radius 3 is 2.57 bits per heavy atom. The average molecular weight is 383 g/mol. The van der Waals surface area contributed by atoms with E-state index >= 15 is 0 Å². The van der Waals surface area contributed by atoms with Gasteiger partial charge in [-0.3, -0.25) is 4.79 Å². The van der Waals surface area contributed by atoms with Crippen LogP contribution in [0.5, 0.6) is 5.75 Å². The summed E-state index contributed by atoms with van der Waals surface area (Å²) in [7, 11) is 1.77. The van der Waals surface area contributed by atoms with Gasteiger partial charge in [0.2, 0.25) is 0 Å². The van der Waals surface area contributed by atoms with Crippen LogP contribution in [0.3, 0.4) is 0 Å². The summed E-state index contributed by atoms with van der Waals surface area (Å²) in [4.78, 5) is 14.8. The molecule has 0 saturated carbocycles. The first-order valence-electron chi connectivity index (χ1n) is 10.1. The molecule has 0 aliphatic carbocycles. The minimum absolute atomic E-state index is 0.120. The van der Waals surface area contributed by atoms with Crippen LogP contribution in [0.4, 0.5) is 11.4 Å². The quantitative estimate of drug-likeness (QED) is 0.671. The highest BCUT2D eigenvalue weighted by molar-refractivity contribution is 6.04. The molecule has 5 nitrogen and oxygen atoms in total. The Morgan fingerprint density at radius 2 is 1.89 bits per heavy atom. The fraction of sp³-hybridized carbons (Fsp3) is 0.435. The van der Waals surface area contributed by atoms with E-state index in [2.05, 4.69) is 29.3 Å². The van der Waals surface area contributed by atoms with Crippen molar-refractivity contribution in [2.24, 2.45) is 0 Å². The second-order valence-corrected chi connectivity index (χ2v) is 7.17.